The number of benzene rings is 1. The molecule has 0 spiro atoms. The van der Waals surface area contributed by atoms with Crippen molar-refractivity contribution in [1.29, 1.82) is 0 Å². The SMILES string of the molecule is CCCCCc1cc(O)c([C@@H]2C=C(C)CCC2)c(OC(=O)SCC2=C(C(=O)O)N3C(=O)[C@@H](NC(=O)Cc4cccs4)C3CC2)c1. The molecule has 45 heavy (non-hydrogen) atoms. The lowest BCUT2D eigenvalue weighted by molar-refractivity contribution is -0.155. The first-order valence-corrected chi connectivity index (χ1v) is 17.5. The second-order valence-electron chi connectivity index (χ2n) is 12.0. The van der Waals surface area contributed by atoms with Gasteiger partial charge in [-0.1, -0.05) is 37.5 Å². The second-order valence-corrected chi connectivity index (χ2v) is 14.0. The van der Waals surface area contributed by atoms with E-state index in [1.165, 1.54) is 21.8 Å². The summed E-state index contributed by atoms with van der Waals surface area (Å²) in [6.07, 6.45) is 9.81. The van der Waals surface area contributed by atoms with Crippen LogP contribution in [-0.4, -0.2) is 56.0 Å². The van der Waals surface area contributed by atoms with Crippen LogP contribution in [0.2, 0.25) is 0 Å². The quantitative estimate of drug-likeness (QED) is 0.0998. The minimum Gasteiger partial charge on any atom is -0.507 e. The van der Waals surface area contributed by atoms with Gasteiger partial charge < -0.3 is 20.3 Å². The third kappa shape index (κ3) is 7.64. The number of carboxylic acids is 1. The third-order valence-corrected chi connectivity index (χ3v) is 10.4. The molecule has 0 saturated carbocycles. The standard InChI is InChI=1S/C34H40N2O7S2/c1-3-4-5-9-21-16-26(37)29(22-10-6-8-20(2)15-22)27(17-21)43-34(42)45-19-23-12-13-25-30(32(39)36(25)31(23)33(40)41)35-28(38)18-24-11-7-14-44-24/h7,11,14-17,22,25,30,37H,3-6,8-10,12-13,18-19H2,1-2H3,(H,35,38)(H,40,41)/t22-,25?,30-/m0/s1. The number of nitrogens with zero attached hydrogens (tertiary/aromatic N) is 1. The predicted molar refractivity (Wildman–Crippen MR) is 175 cm³/mol. The number of thiophene rings is 1. The van der Waals surface area contributed by atoms with Gasteiger partial charge in [-0.05, 0) is 98.3 Å². The summed E-state index contributed by atoms with van der Waals surface area (Å²) < 4.78 is 5.87. The zero-order chi connectivity index (χ0) is 32.1. The number of unbranched alkanes of at least 4 members (excludes halogenated alkanes) is 2. The van der Waals surface area contributed by atoms with E-state index in [9.17, 15) is 29.4 Å². The lowest BCUT2D eigenvalue weighted by Crippen LogP contribution is -2.71. The van der Waals surface area contributed by atoms with Crippen molar-refractivity contribution >= 4 is 46.2 Å². The van der Waals surface area contributed by atoms with Crippen LogP contribution in [-0.2, 0) is 27.2 Å². The van der Waals surface area contributed by atoms with E-state index in [0.29, 0.717) is 29.7 Å². The van der Waals surface area contributed by atoms with Crippen LogP contribution in [0.25, 0.3) is 0 Å². The Bertz CT molecular complexity index is 1510. The summed E-state index contributed by atoms with van der Waals surface area (Å²) in [4.78, 5) is 53.2. The second kappa shape index (κ2) is 14.7. The smallest absolute Gasteiger partial charge is 0.373 e. The number of ether oxygens (including phenoxy) is 1. The van der Waals surface area contributed by atoms with Crippen molar-refractivity contribution in [2.75, 3.05) is 5.75 Å². The Labute approximate surface area is 271 Å². The number of phenols is 1. The number of carbonyl (C=O) groups is 4. The maximum atomic E-state index is 13.2. The molecule has 0 bridgehead atoms. The Morgan fingerprint density at radius 2 is 2.00 bits per heavy atom. The normalized spacial score (nSPS) is 21.1. The topological polar surface area (TPSA) is 133 Å². The molecule has 2 amide bonds. The molecule has 0 radical (unpaired) electrons. The maximum Gasteiger partial charge on any atom is 0.373 e. The number of aryl methyl sites for hydroxylation is 1. The lowest BCUT2D eigenvalue weighted by Gasteiger charge is -2.50. The van der Waals surface area contributed by atoms with Gasteiger partial charge in [0.2, 0.25) is 5.91 Å². The summed E-state index contributed by atoms with van der Waals surface area (Å²) >= 11 is 2.30. The first kappa shape index (κ1) is 32.8. The Hall–Kier alpha value is -3.57. The number of allylic oxidation sites excluding steroid dienone is 2. The molecule has 3 atom stereocenters. The van der Waals surface area contributed by atoms with Crippen molar-refractivity contribution in [2.45, 2.75) is 96.1 Å². The molecule has 2 aromatic rings. The average molecular weight is 653 g/mol. The van der Waals surface area contributed by atoms with Crippen molar-refractivity contribution in [3.63, 3.8) is 0 Å². The minimum atomic E-state index is -1.24. The Balaban J connectivity index is 1.27. The molecular formula is C34H40N2O7S2. The molecule has 240 valence electrons. The highest BCUT2D eigenvalue weighted by atomic mass is 32.2. The molecular weight excluding hydrogens is 613 g/mol. The van der Waals surface area contributed by atoms with Crippen LogP contribution in [0, 0.1) is 0 Å². The van der Waals surface area contributed by atoms with Gasteiger partial charge in [0.15, 0.2) is 0 Å². The van der Waals surface area contributed by atoms with Crippen molar-refractivity contribution in [3.05, 3.63) is 68.6 Å². The fourth-order valence-electron chi connectivity index (χ4n) is 6.53. The highest BCUT2D eigenvalue weighted by Gasteiger charge is 2.53. The van der Waals surface area contributed by atoms with Gasteiger partial charge in [0.05, 0.1) is 12.5 Å². The molecule has 9 nitrogen and oxygen atoms in total. The summed E-state index contributed by atoms with van der Waals surface area (Å²) in [6.45, 7) is 4.19. The largest absolute Gasteiger partial charge is 0.507 e. The first-order valence-electron chi connectivity index (χ1n) is 15.6. The number of aromatic hydroxyl groups is 1. The molecule has 1 aliphatic carbocycles. The Morgan fingerprint density at radius 3 is 2.71 bits per heavy atom. The first-order chi connectivity index (χ1) is 21.7. The molecule has 1 fully saturated rings. The monoisotopic (exact) mass is 652 g/mol. The molecule has 3 N–H and O–H groups in total. The van der Waals surface area contributed by atoms with Gasteiger partial charge in [-0.3, -0.25) is 14.5 Å². The highest BCUT2D eigenvalue weighted by Crippen LogP contribution is 2.43. The van der Waals surface area contributed by atoms with E-state index in [-0.39, 0.29) is 35.4 Å². The maximum absolute atomic E-state index is 13.2. The molecule has 11 heteroatoms. The van der Waals surface area contributed by atoms with Gasteiger partial charge in [-0.25, -0.2) is 9.59 Å². The fourth-order valence-corrected chi connectivity index (χ4v) is 7.95. The van der Waals surface area contributed by atoms with E-state index in [1.807, 2.05) is 23.6 Å². The molecule has 1 aromatic carbocycles. The number of rotatable bonds is 12. The summed E-state index contributed by atoms with van der Waals surface area (Å²) in [5.41, 5.74) is 3.08. The van der Waals surface area contributed by atoms with Gasteiger partial charge in [-0.15, -0.1) is 11.3 Å². The van der Waals surface area contributed by atoms with Crippen molar-refractivity contribution in [3.8, 4) is 11.5 Å². The summed E-state index contributed by atoms with van der Waals surface area (Å²) in [7, 11) is 0. The van der Waals surface area contributed by atoms with E-state index in [0.717, 1.165) is 67.1 Å². The number of thioether (sulfide) groups is 1. The number of carbonyl (C=O) groups excluding carboxylic acids is 3. The number of amides is 2. The number of nitrogens with one attached hydrogen (secondary N) is 1. The fraction of sp³-hybridized carbons (Fsp3) is 0.471. The number of β-lactam (4-membered cyclic amide) rings is 1. The van der Waals surface area contributed by atoms with Crippen LogP contribution in [0.3, 0.4) is 0 Å². The van der Waals surface area contributed by atoms with E-state index < -0.39 is 29.3 Å². The Kier molecular flexibility index (Phi) is 10.7. The Morgan fingerprint density at radius 1 is 1.18 bits per heavy atom. The number of hydrogen-bond acceptors (Lipinski definition) is 8. The van der Waals surface area contributed by atoms with E-state index >= 15 is 0 Å². The molecule has 5 rings (SSSR count). The van der Waals surface area contributed by atoms with Crippen molar-refractivity contribution in [2.24, 2.45) is 0 Å². The average Bonchev–Trinajstić information content (AvgIpc) is 3.51. The van der Waals surface area contributed by atoms with Crippen LogP contribution < -0.4 is 10.1 Å². The third-order valence-electron chi connectivity index (χ3n) is 8.72. The van der Waals surface area contributed by atoms with Gasteiger partial charge in [0.1, 0.15) is 23.2 Å². The van der Waals surface area contributed by atoms with Crippen LogP contribution in [0.1, 0.15) is 87.1 Å². The molecule has 1 saturated heterocycles. The zero-order valence-corrected chi connectivity index (χ0v) is 27.3. The van der Waals surface area contributed by atoms with E-state index in [2.05, 4.69) is 25.2 Å². The van der Waals surface area contributed by atoms with Gasteiger partial charge in [0, 0.05) is 22.1 Å². The van der Waals surface area contributed by atoms with E-state index in [1.54, 1.807) is 6.07 Å². The molecule has 1 unspecified atom stereocenters. The van der Waals surface area contributed by atoms with Crippen LogP contribution >= 0.6 is 23.1 Å². The number of carboxylic acid groups (broad SMARTS) is 1. The minimum absolute atomic E-state index is 0.0479. The summed E-state index contributed by atoms with van der Waals surface area (Å²) in [5.74, 6) is -1.54. The number of hydrogen-bond donors (Lipinski definition) is 3. The zero-order valence-electron chi connectivity index (χ0n) is 25.7. The highest BCUT2D eigenvalue weighted by molar-refractivity contribution is 8.13. The molecule has 1 aromatic heterocycles. The van der Waals surface area contributed by atoms with Crippen molar-refractivity contribution < 1.29 is 34.1 Å². The molecule has 3 heterocycles. The molecule has 2 aliphatic heterocycles. The van der Waals surface area contributed by atoms with Gasteiger partial charge in [-0.2, -0.15) is 0 Å². The number of phenolic OH excluding ortho intramolecular Hbond substituents is 1. The summed E-state index contributed by atoms with van der Waals surface area (Å²) in [6, 6.07) is 6.12. The molecule has 3 aliphatic rings. The van der Waals surface area contributed by atoms with Crippen molar-refractivity contribution in [1.82, 2.24) is 10.2 Å². The van der Waals surface area contributed by atoms with Gasteiger partial charge in [0.25, 0.3) is 5.91 Å². The van der Waals surface area contributed by atoms with Gasteiger partial charge >= 0.3 is 11.3 Å². The number of aliphatic carboxylic acids is 1. The lowest BCUT2D eigenvalue weighted by atomic mass is 9.83. The van der Waals surface area contributed by atoms with E-state index in [4.69, 9.17) is 4.74 Å². The predicted octanol–water partition coefficient (Wildman–Crippen LogP) is 6.70. The summed E-state index contributed by atoms with van der Waals surface area (Å²) in [5, 5.41) is 25.2. The van der Waals surface area contributed by atoms with Crippen LogP contribution in [0.4, 0.5) is 4.79 Å². The van der Waals surface area contributed by atoms with Crippen LogP contribution in [0.5, 0.6) is 11.5 Å². The number of fused-ring (bicyclic) bond motifs is 1. The van der Waals surface area contributed by atoms with Crippen LogP contribution in [0.15, 0.2) is 52.6 Å².